The second kappa shape index (κ2) is 11.1. The second-order valence-corrected chi connectivity index (χ2v) is 8.78. The van der Waals surface area contributed by atoms with E-state index >= 15 is 0 Å². The van der Waals surface area contributed by atoms with E-state index in [4.69, 9.17) is 25.8 Å². The monoisotopic (exact) mass is 487 g/mol. The van der Waals surface area contributed by atoms with Crippen LogP contribution in [0, 0.1) is 5.92 Å². The van der Waals surface area contributed by atoms with Gasteiger partial charge in [-0.15, -0.1) is 0 Å². The fraction of sp³-hybridized carbons (Fsp3) is 0.440. The van der Waals surface area contributed by atoms with Crippen molar-refractivity contribution in [3.63, 3.8) is 0 Å². The molecule has 182 valence electrons. The molecule has 0 bridgehead atoms. The number of nitrogens with zero attached hydrogens (tertiary/aromatic N) is 2. The van der Waals surface area contributed by atoms with Gasteiger partial charge in [0.25, 0.3) is 0 Å². The number of nitrogens with one attached hydrogen (secondary N) is 1. The summed E-state index contributed by atoms with van der Waals surface area (Å²) in [5.74, 6) is 0.441. The molecule has 0 radical (unpaired) electrons. The fourth-order valence-corrected chi connectivity index (χ4v) is 4.80. The van der Waals surface area contributed by atoms with E-state index in [1.54, 1.807) is 37.3 Å². The van der Waals surface area contributed by atoms with Crippen molar-refractivity contribution in [2.45, 2.75) is 12.5 Å². The maximum Gasteiger partial charge on any atom is 0.227 e. The van der Waals surface area contributed by atoms with Gasteiger partial charge in [0, 0.05) is 43.7 Å². The average Bonchev–Trinajstić information content (AvgIpc) is 3.26. The lowest BCUT2D eigenvalue weighted by molar-refractivity contribution is -0.126. The molecule has 2 aliphatic rings. The zero-order valence-corrected chi connectivity index (χ0v) is 20.2. The van der Waals surface area contributed by atoms with Crippen LogP contribution in [0.15, 0.2) is 42.5 Å². The predicted octanol–water partition coefficient (Wildman–Crippen LogP) is 2.90. The molecule has 2 aromatic carbocycles. The van der Waals surface area contributed by atoms with E-state index in [0.29, 0.717) is 42.0 Å². The van der Waals surface area contributed by atoms with Crippen LogP contribution in [0.25, 0.3) is 0 Å². The van der Waals surface area contributed by atoms with E-state index in [0.717, 1.165) is 18.7 Å². The molecule has 0 aromatic heterocycles. The zero-order valence-electron chi connectivity index (χ0n) is 19.5. The normalized spacial score (nSPS) is 19.7. The Labute approximate surface area is 204 Å². The van der Waals surface area contributed by atoms with Crippen LogP contribution in [0.2, 0.25) is 5.02 Å². The van der Waals surface area contributed by atoms with Gasteiger partial charge in [0.2, 0.25) is 11.8 Å². The van der Waals surface area contributed by atoms with Gasteiger partial charge in [0.05, 0.1) is 45.1 Å². The average molecular weight is 488 g/mol. The summed E-state index contributed by atoms with van der Waals surface area (Å²) < 4.78 is 16.2. The summed E-state index contributed by atoms with van der Waals surface area (Å²) in [5.41, 5.74) is 1.57. The molecule has 9 heteroatoms. The van der Waals surface area contributed by atoms with Crippen molar-refractivity contribution in [1.29, 1.82) is 0 Å². The van der Waals surface area contributed by atoms with Crippen LogP contribution in [-0.4, -0.2) is 70.3 Å². The summed E-state index contributed by atoms with van der Waals surface area (Å²) in [5, 5.41) is 3.74. The van der Waals surface area contributed by atoms with Crippen molar-refractivity contribution in [2.24, 2.45) is 5.92 Å². The lowest BCUT2D eigenvalue weighted by atomic mass is 10.0. The molecule has 4 rings (SSSR count). The van der Waals surface area contributed by atoms with Crippen molar-refractivity contribution in [3.05, 3.63) is 53.1 Å². The Bertz CT molecular complexity index is 1030. The minimum absolute atomic E-state index is 0.0757. The molecular formula is C25H30ClN3O5. The molecule has 2 amide bonds. The number of anilines is 1. The maximum absolute atomic E-state index is 13.1. The largest absolute Gasteiger partial charge is 0.497 e. The van der Waals surface area contributed by atoms with Gasteiger partial charge in [0.15, 0.2) is 0 Å². The predicted molar refractivity (Wildman–Crippen MR) is 130 cm³/mol. The molecule has 8 nitrogen and oxygen atoms in total. The number of ether oxygens (including phenoxy) is 3. The Kier molecular flexibility index (Phi) is 7.92. The van der Waals surface area contributed by atoms with Crippen molar-refractivity contribution in [1.82, 2.24) is 10.2 Å². The standard InChI is InChI=1S/C25H30ClN3O5/c1-32-18-7-8-23(33-2)21(14-18)29-16-17(13-24(29)30)25(31)27-15-22(28-9-11-34-12-10-28)19-5-3-4-6-20(19)26/h3-8,14,17,22H,9-13,15-16H2,1-2H3,(H,27,31). The van der Waals surface area contributed by atoms with E-state index in [-0.39, 0.29) is 30.8 Å². The molecule has 2 saturated heterocycles. The summed E-state index contributed by atoms with van der Waals surface area (Å²) >= 11 is 6.50. The third-order valence-electron chi connectivity index (χ3n) is 6.39. The topological polar surface area (TPSA) is 80.3 Å². The number of rotatable bonds is 8. The number of benzene rings is 2. The number of methoxy groups -OCH3 is 2. The van der Waals surface area contributed by atoms with Gasteiger partial charge in [-0.1, -0.05) is 29.8 Å². The highest BCUT2D eigenvalue weighted by molar-refractivity contribution is 6.31. The van der Waals surface area contributed by atoms with Gasteiger partial charge in [-0.3, -0.25) is 14.5 Å². The Morgan fingerprint density at radius 3 is 2.65 bits per heavy atom. The summed E-state index contributed by atoms with van der Waals surface area (Å²) in [6.07, 6.45) is 0.139. The van der Waals surface area contributed by atoms with Gasteiger partial charge < -0.3 is 24.4 Å². The minimum Gasteiger partial charge on any atom is -0.497 e. The minimum atomic E-state index is -0.458. The van der Waals surface area contributed by atoms with E-state index < -0.39 is 5.92 Å². The highest BCUT2D eigenvalue weighted by Crippen LogP contribution is 2.36. The molecule has 2 fully saturated rings. The first kappa shape index (κ1) is 24.3. The molecule has 1 N–H and O–H groups in total. The van der Waals surface area contributed by atoms with Crippen LogP contribution >= 0.6 is 11.6 Å². The van der Waals surface area contributed by atoms with Gasteiger partial charge in [-0.25, -0.2) is 0 Å². The van der Waals surface area contributed by atoms with E-state index in [1.165, 1.54) is 0 Å². The molecule has 34 heavy (non-hydrogen) atoms. The van der Waals surface area contributed by atoms with Crippen LogP contribution in [0.5, 0.6) is 11.5 Å². The van der Waals surface area contributed by atoms with Crippen LogP contribution in [0.1, 0.15) is 18.0 Å². The van der Waals surface area contributed by atoms with Gasteiger partial charge in [0.1, 0.15) is 11.5 Å². The molecule has 2 unspecified atom stereocenters. The Morgan fingerprint density at radius 1 is 1.18 bits per heavy atom. The van der Waals surface area contributed by atoms with Crippen molar-refractivity contribution < 1.29 is 23.8 Å². The molecule has 0 spiro atoms. The lowest BCUT2D eigenvalue weighted by Gasteiger charge is -2.35. The summed E-state index contributed by atoms with van der Waals surface area (Å²) in [4.78, 5) is 29.8. The molecule has 0 aliphatic carbocycles. The third-order valence-corrected chi connectivity index (χ3v) is 6.74. The highest BCUT2D eigenvalue weighted by Gasteiger charge is 2.37. The van der Waals surface area contributed by atoms with Crippen LogP contribution in [0.3, 0.4) is 0 Å². The van der Waals surface area contributed by atoms with Gasteiger partial charge in [-0.05, 0) is 23.8 Å². The van der Waals surface area contributed by atoms with Gasteiger partial charge in [-0.2, -0.15) is 0 Å². The first-order valence-corrected chi connectivity index (χ1v) is 11.8. The Hall–Kier alpha value is -2.81. The number of hydrogen-bond acceptors (Lipinski definition) is 6. The molecule has 2 aromatic rings. The first-order chi connectivity index (χ1) is 16.5. The SMILES string of the molecule is COc1ccc(OC)c(N2CC(C(=O)NCC(c3ccccc3Cl)N3CCOCC3)CC2=O)c1. The fourth-order valence-electron chi connectivity index (χ4n) is 4.54. The smallest absolute Gasteiger partial charge is 0.227 e. The number of hydrogen-bond donors (Lipinski definition) is 1. The molecule has 2 heterocycles. The Morgan fingerprint density at radius 2 is 1.94 bits per heavy atom. The number of morpholine rings is 1. The second-order valence-electron chi connectivity index (χ2n) is 8.37. The number of amides is 2. The number of carbonyl (C=O) groups excluding carboxylic acids is 2. The van der Waals surface area contributed by atoms with E-state index in [1.807, 2.05) is 24.3 Å². The zero-order chi connectivity index (χ0) is 24.1. The Balaban J connectivity index is 1.46. The van der Waals surface area contributed by atoms with Crippen LogP contribution < -0.4 is 19.7 Å². The van der Waals surface area contributed by atoms with E-state index in [9.17, 15) is 9.59 Å². The third kappa shape index (κ3) is 5.29. The molecule has 2 atom stereocenters. The van der Waals surface area contributed by atoms with E-state index in [2.05, 4.69) is 10.2 Å². The maximum atomic E-state index is 13.1. The lowest BCUT2D eigenvalue weighted by Crippen LogP contribution is -2.45. The molecular weight excluding hydrogens is 458 g/mol. The summed E-state index contributed by atoms with van der Waals surface area (Å²) in [7, 11) is 3.12. The number of halogens is 1. The highest BCUT2D eigenvalue weighted by atomic mass is 35.5. The molecule has 0 saturated carbocycles. The van der Waals surface area contributed by atoms with Crippen molar-refractivity contribution in [3.8, 4) is 11.5 Å². The quantitative estimate of drug-likeness (QED) is 0.616. The van der Waals surface area contributed by atoms with Crippen LogP contribution in [-0.2, 0) is 14.3 Å². The van der Waals surface area contributed by atoms with Crippen molar-refractivity contribution >= 4 is 29.1 Å². The van der Waals surface area contributed by atoms with Gasteiger partial charge >= 0.3 is 0 Å². The van der Waals surface area contributed by atoms with Crippen LogP contribution in [0.4, 0.5) is 5.69 Å². The summed E-state index contributed by atoms with van der Waals surface area (Å²) in [6.45, 7) is 3.49. The van der Waals surface area contributed by atoms with Crippen molar-refractivity contribution in [2.75, 3.05) is 58.5 Å². The first-order valence-electron chi connectivity index (χ1n) is 11.4. The number of carbonyl (C=O) groups is 2. The summed E-state index contributed by atoms with van der Waals surface area (Å²) in [6, 6.07) is 12.9. The molecule has 2 aliphatic heterocycles.